The van der Waals surface area contributed by atoms with E-state index in [1.807, 2.05) is 6.08 Å². The molecule has 0 radical (unpaired) electrons. The average Bonchev–Trinajstić information content (AvgIpc) is 2.25. The van der Waals surface area contributed by atoms with Crippen molar-refractivity contribution in [2.24, 2.45) is 0 Å². The van der Waals surface area contributed by atoms with Gasteiger partial charge in [0.15, 0.2) is 0 Å². The molecular formula is C12H21NO2. The molecule has 0 fully saturated rings. The molecule has 0 heterocycles. The van der Waals surface area contributed by atoms with Crippen molar-refractivity contribution in [1.29, 1.82) is 0 Å². The highest BCUT2D eigenvalue weighted by Crippen LogP contribution is 1.99. The molecule has 0 aromatic heterocycles. The lowest BCUT2D eigenvalue weighted by molar-refractivity contribution is -0.116. The number of rotatable bonds is 8. The van der Waals surface area contributed by atoms with Crippen molar-refractivity contribution in [2.45, 2.75) is 32.6 Å². The highest BCUT2D eigenvalue weighted by atomic mass is 16.3. The number of unbranched alkanes of at least 4 members (excludes halogenated alkanes) is 3. The summed E-state index contributed by atoms with van der Waals surface area (Å²) in [6.45, 7) is 2.46. The summed E-state index contributed by atoms with van der Waals surface area (Å²) in [5.74, 6) is -0.165. The van der Waals surface area contributed by atoms with Crippen molar-refractivity contribution in [2.75, 3.05) is 13.2 Å². The van der Waals surface area contributed by atoms with Crippen molar-refractivity contribution in [3.63, 3.8) is 0 Å². The van der Waals surface area contributed by atoms with Crippen LogP contribution in [0.2, 0.25) is 0 Å². The molecule has 0 aromatic rings. The zero-order valence-corrected chi connectivity index (χ0v) is 9.41. The number of hydrogen-bond donors (Lipinski definition) is 2. The zero-order valence-electron chi connectivity index (χ0n) is 9.41. The first kappa shape index (κ1) is 13.9. The first-order chi connectivity index (χ1) is 7.31. The van der Waals surface area contributed by atoms with Crippen molar-refractivity contribution in [1.82, 2.24) is 5.32 Å². The Morgan fingerprint density at radius 1 is 1.33 bits per heavy atom. The van der Waals surface area contributed by atoms with Gasteiger partial charge in [0, 0.05) is 12.6 Å². The molecule has 0 saturated heterocycles. The van der Waals surface area contributed by atoms with Crippen molar-refractivity contribution in [3.8, 4) is 0 Å². The summed E-state index contributed by atoms with van der Waals surface area (Å²) in [4.78, 5) is 11.0. The van der Waals surface area contributed by atoms with Crippen molar-refractivity contribution in [3.05, 3.63) is 24.3 Å². The first-order valence-electron chi connectivity index (χ1n) is 5.53. The largest absolute Gasteiger partial charge is 0.395 e. The Morgan fingerprint density at radius 2 is 2.13 bits per heavy atom. The van der Waals surface area contributed by atoms with E-state index in [0.29, 0.717) is 6.54 Å². The van der Waals surface area contributed by atoms with Gasteiger partial charge in [0.1, 0.15) is 0 Å². The van der Waals surface area contributed by atoms with Gasteiger partial charge in [0.25, 0.3) is 0 Å². The number of hydrogen-bond acceptors (Lipinski definition) is 2. The van der Waals surface area contributed by atoms with Crippen LogP contribution in [0.1, 0.15) is 32.6 Å². The molecule has 0 bridgehead atoms. The predicted molar refractivity (Wildman–Crippen MR) is 62.5 cm³/mol. The minimum absolute atomic E-state index is 0.0214. The van der Waals surface area contributed by atoms with E-state index in [4.69, 9.17) is 5.11 Å². The van der Waals surface area contributed by atoms with Crippen LogP contribution < -0.4 is 5.32 Å². The summed E-state index contributed by atoms with van der Waals surface area (Å²) >= 11 is 0. The fourth-order valence-corrected chi connectivity index (χ4v) is 1.07. The summed E-state index contributed by atoms with van der Waals surface area (Å²) in [5.41, 5.74) is 0. The van der Waals surface area contributed by atoms with E-state index < -0.39 is 0 Å². The van der Waals surface area contributed by atoms with Crippen LogP contribution in [0.5, 0.6) is 0 Å². The molecular weight excluding hydrogens is 190 g/mol. The second-order valence-corrected chi connectivity index (χ2v) is 3.30. The number of carbonyl (C=O) groups excluding carboxylic acids is 1. The fraction of sp³-hybridized carbons (Fsp3) is 0.583. The Morgan fingerprint density at radius 3 is 2.80 bits per heavy atom. The summed E-state index contributed by atoms with van der Waals surface area (Å²) in [5, 5.41) is 11.0. The lowest BCUT2D eigenvalue weighted by atomic mass is 10.2. The minimum Gasteiger partial charge on any atom is -0.395 e. The minimum atomic E-state index is -0.165. The van der Waals surface area contributed by atoms with E-state index in [1.54, 1.807) is 6.08 Å². The Labute approximate surface area is 91.9 Å². The quantitative estimate of drug-likeness (QED) is 0.365. The highest BCUT2D eigenvalue weighted by Gasteiger charge is 1.89. The third-order valence-electron chi connectivity index (χ3n) is 1.88. The van der Waals surface area contributed by atoms with Crippen LogP contribution in [0.25, 0.3) is 0 Å². The molecule has 0 rings (SSSR count). The number of carbonyl (C=O) groups is 1. The van der Waals surface area contributed by atoms with E-state index in [1.165, 1.54) is 25.3 Å². The Bertz CT molecular complexity index is 210. The summed E-state index contributed by atoms with van der Waals surface area (Å²) in [7, 11) is 0. The number of allylic oxidation sites excluding steroid dienone is 3. The maximum Gasteiger partial charge on any atom is 0.244 e. The molecule has 0 atom stereocenters. The van der Waals surface area contributed by atoms with Crippen LogP contribution >= 0.6 is 0 Å². The van der Waals surface area contributed by atoms with Gasteiger partial charge >= 0.3 is 0 Å². The van der Waals surface area contributed by atoms with Gasteiger partial charge in [-0.15, -0.1) is 0 Å². The van der Waals surface area contributed by atoms with Gasteiger partial charge < -0.3 is 10.4 Å². The van der Waals surface area contributed by atoms with Gasteiger partial charge in [-0.1, -0.05) is 38.0 Å². The number of aliphatic hydroxyl groups is 1. The first-order valence-corrected chi connectivity index (χ1v) is 5.53. The molecule has 0 saturated carbocycles. The van der Waals surface area contributed by atoms with Gasteiger partial charge in [0.2, 0.25) is 5.91 Å². The molecule has 3 nitrogen and oxygen atoms in total. The molecule has 0 spiro atoms. The average molecular weight is 211 g/mol. The molecule has 0 unspecified atom stereocenters. The van der Waals surface area contributed by atoms with Crippen LogP contribution in [0.15, 0.2) is 24.3 Å². The zero-order chi connectivity index (χ0) is 11.4. The van der Waals surface area contributed by atoms with Crippen molar-refractivity contribution < 1.29 is 9.90 Å². The third kappa shape index (κ3) is 10.8. The van der Waals surface area contributed by atoms with E-state index in [0.717, 1.165) is 6.42 Å². The van der Waals surface area contributed by atoms with Gasteiger partial charge in [-0.05, 0) is 12.8 Å². The van der Waals surface area contributed by atoms with E-state index in [9.17, 15) is 4.79 Å². The van der Waals surface area contributed by atoms with E-state index in [-0.39, 0.29) is 12.5 Å². The molecule has 15 heavy (non-hydrogen) atoms. The van der Waals surface area contributed by atoms with Crippen LogP contribution in [-0.4, -0.2) is 24.2 Å². The maximum atomic E-state index is 11.0. The third-order valence-corrected chi connectivity index (χ3v) is 1.88. The lowest BCUT2D eigenvalue weighted by Gasteiger charge is -1.95. The van der Waals surface area contributed by atoms with Gasteiger partial charge in [-0.2, -0.15) is 0 Å². The number of aliphatic hydroxyl groups excluding tert-OH is 1. The normalized spacial score (nSPS) is 11.3. The van der Waals surface area contributed by atoms with Gasteiger partial charge in [-0.3, -0.25) is 4.79 Å². The molecule has 86 valence electrons. The standard InChI is InChI=1S/C12H21NO2/c1-2-3-4-5-6-7-8-9-12(15)13-10-11-14/h6-9,14H,2-5,10-11H2,1H3,(H,13,15). The van der Waals surface area contributed by atoms with Crippen LogP contribution in [0.3, 0.4) is 0 Å². The molecule has 3 heteroatoms. The lowest BCUT2D eigenvalue weighted by Crippen LogP contribution is -2.24. The summed E-state index contributed by atoms with van der Waals surface area (Å²) < 4.78 is 0. The van der Waals surface area contributed by atoms with Crippen molar-refractivity contribution >= 4 is 5.91 Å². The Balaban J connectivity index is 3.46. The van der Waals surface area contributed by atoms with E-state index in [2.05, 4.69) is 18.3 Å². The smallest absolute Gasteiger partial charge is 0.244 e. The molecule has 0 aliphatic carbocycles. The molecule has 0 aromatic carbocycles. The maximum absolute atomic E-state index is 11.0. The number of amides is 1. The molecule has 0 aliphatic rings. The Hall–Kier alpha value is -1.09. The topological polar surface area (TPSA) is 49.3 Å². The second-order valence-electron chi connectivity index (χ2n) is 3.30. The summed E-state index contributed by atoms with van der Waals surface area (Å²) in [6.07, 6.45) is 11.9. The molecule has 1 amide bonds. The monoisotopic (exact) mass is 211 g/mol. The van der Waals surface area contributed by atoms with E-state index >= 15 is 0 Å². The summed E-state index contributed by atoms with van der Waals surface area (Å²) in [6, 6.07) is 0. The number of nitrogens with one attached hydrogen (secondary N) is 1. The molecule has 2 N–H and O–H groups in total. The van der Waals surface area contributed by atoms with Gasteiger partial charge in [0.05, 0.1) is 6.61 Å². The van der Waals surface area contributed by atoms with Crippen LogP contribution in [0.4, 0.5) is 0 Å². The SMILES string of the molecule is CCCCCC=CC=CC(=O)NCCO. The van der Waals surface area contributed by atoms with Crippen LogP contribution in [-0.2, 0) is 4.79 Å². The Kier molecular flexibility index (Phi) is 10.2. The highest BCUT2D eigenvalue weighted by molar-refractivity contribution is 5.87. The second kappa shape index (κ2) is 11.0. The predicted octanol–water partition coefficient (Wildman–Crippen LogP) is 1.79. The molecule has 0 aliphatic heterocycles. The fourth-order valence-electron chi connectivity index (χ4n) is 1.07. The van der Waals surface area contributed by atoms with Crippen LogP contribution in [0, 0.1) is 0 Å². The van der Waals surface area contributed by atoms with Gasteiger partial charge in [-0.25, -0.2) is 0 Å².